The fraction of sp³-hybridized carbons (Fsp3) is 0.208. The van der Waals surface area contributed by atoms with Crippen LogP contribution >= 0.6 is 11.3 Å². The molecule has 1 heterocycles. The summed E-state index contributed by atoms with van der Waals surface area (Å²) in [6, 6.07) is 18.8. The summed E-state index contributed by atoms with van der Waals surface area (Å²) in [5, 5.41) is 12.3. The van der Waals surface area contributed by atoms with Crippen molar-refractivity contribution in [3.05, 3.63) is 76.2 Å². The molecule has 0 aliphatic rings. The van der Waals surface area contributed by atoms with Gasteiger partial charge in [0.2, 0.25) is 0 Å². The fourth-order valence-electron chi connectivity index (χ4n) is 2.81. The van der Waals surface area contributed by atoms with Crippen molar-refractivity contribution in [1.82, 2.24) is 0 Å². The summed E-state index contributed by atoms with van der Waals surface area (Å²) >= 11 is 1.01. The third-order valence-corrected chi connectivity index (χ3v) is 5.60. The molecule has 0 fully saturated rings. The van der Waals surface area contributed by atoms with Crippen LogP contribution in [0.2, 0.25) is 0 Å². The van der Waals surface area contributed by atoms with Gasteiger partial charge in [0.25, 0.3) is 5.91 Å². The molecular formula is C24H22N2O5S. The van der Waals surface area contributed by atoms with E-state index in [4.69, 9.17) is 14.2 Å². The minimum absolute atomic E-state index is 0.226. The standard InChI is InChI=1S/C24H22N2O5S/c1-3-29-24(28)22-16(2)20(13-25)23(32-22)26-21(27)15-31-19-11-9-18(10-12-19)30-14-17-7-5-4-6-8-17/h4-12H,3,14-15H2,1-2H3,(H,26,27). The Balaban J connectivity index is 1.54. The zero-order valence-corrected chi connectivity index (χ0v) is 18.5. The number of anilines is 1. The Hall–Kier alpha value is -3.83. The van der Waals surface area contributed by atoms with Crippen LogP contribution in [0.5, 0.6) is 11.5 Å². The molecule has 1 N–H and O–H groups in total. The van der Waals surface area contributed by atoms with E-state index in [-0.39, 0.29) is 18.8 Å². The summed E-state index contributed by atoms with van der Waals surface area (Å²) in [6.07, 6.45) is 0. The van der Waals surface area contributed by atoms with Gasteiger partial charge in [-0.2, -0.15) is 5.26 Å². The van der Waals surface area contributed by atoms with E-state index in [1.807, 2.05) is 36.4 Å². The molecule has 0 unspecified atom stereocenters. The molecule has 0 bridgehead atoms. The first-order chi connectivity index (χ1) is 15.5. The van der Waals surface area contributed by atoms with Crippen molar-refractivity contribution in [2.24, 2.45) is 0 Å². The second-order valence-electron chi connectivity index (χ2n) is 6.68. The summed E-state index contributed by atoms with van der Waals surface area (Å²) in [6.45, 7) is 3.78. The highest BCUT2D eigenvalue weighted by Crippen LogP contribution is 2.33. The molecule has 0 saturated heterocycles. The number of nitriles is 1. The Morgan fingerprint density at radius 3 is 2.31 bits per heavy atom. The highest BCUT2D eigenvalue weighted by Gasteiger charge is 2.22. The monoisotopic (exact) mass is 450 g/mol. The lowest BCUT2D eigenvalue weighted by molar-refractivity contribution is -0.118. The zero-order valence-electron chi connectivity index (χ0n) is 17.7. The van der Waals surface area contributed by atoms with Gasteiger partial charge in [0.15, 0.2) is 6.61 Å². The number of esters is 1. The van der Waals surface area contributed by atoms with E-state index in [9.17, 15) is 14.9 Å². The maximum Gasteiger partial charge on any atom is 0.348 e. The third-order valence-electron chi connectivity index (χ3n) is 4.41. The van der Waals surface area contributed by atoms with Crippen LogP contribution in [0, 0.1) is 18.3 Å². The van der Waals surface area contributed by atoms with E-state index in [0.29, 0.717) is 33.5 Å². The van der Waals surface area contributed by atoms with Crippen molar-refractivity contribution in [3.8, 4) is 17.6 Å². The van der Waals surface area contributed by atoms with Gasteiger partial charge < -0.3 is 19.5 Å². The van der Waals surface area contributed by atoms with E-state index in [0.717, 1.165) is 16.9 Å². The first-order valence-electron chi connectivity index (χ1n) is 9.91. The van der Waals surface area contributed by atoms with Gasteiger partial charge in [-0.05, 0) is 49.2 Å². The largest absolute Gasteiger partial charge is 0.489 e. The van der Waals surface area contributed by atoms with Crippen LogP contribution in [-0.2, 0) is 16.1 Å². The Kier molecular flexibility index (Phi) is 7.84. The summed E-state index contributed by atoms with van der Waals surface area (Å²) in [4.78, 5) is 24.6. The normalized spacial score (nSPS) is 10.2. The van der Waals surface area contributed by atoms with Crippen molar-refractivity contribution < 1.29 is 23.8 Å². The Morgan fingerprint density at radius 1 is 1.03 bits per heavy atom. The molecule has 32 heavy (non-hydrogen) atoms. The SMILES string of the molecule is CCOC(=O)c1sc(NC(=O)COc2ccc(OCc3ccccc3)cc2)c(C#N)c1C. The van der Waals surface area contributed by atoms with Crippen LogP contribution in [0.4, 0.5) is 5.00 Å². The van der Waals surface area contributed by atoms with E-state index in [1.54, 1.807) is 38.1 Å². The van der Waals surface area contributed by atoms with Crippen LogP contribution in [-0.4, -0.2) is 25.1 Å². The maximum atomic E-state index is 12.3. The summed E-state index contributed by atoms with van der Waals surface area (Å²) in [7, 11) is 0. The molecule has 2 aromatic carbocycles. The van der Waals surface area contributed by atoms with Gasteiger partial charge in [-0.15, -0.1) is 11.3 Å². The Morgan fingerprint density at radius 2 is 1.69 bits per heavy atom. The number of amides is 1. The number of carbonyl (C=O) groups is 2. The number of benzene rings is 2. The van der Waals surface area contributed by atoms with Gasteiger partial charge in [-0.3, -0.25) is 4.79 Å². The molecule has 8 heteroatoms. The predicted octanol–water partition coefficient (Wildman–Crippen LogP) is 4.70. The molecule has 0 radical (unpaired) electrons. The van der Waals surface area contributed by atoms with Gasteiger partial charge in [-0.25, -0.2) is 4.79 Å². The van der Waals surface area contributed by atoms with Crippen LogP contribution in [0.1, 0.15) is 33.3 Å². The molecule has 3 aromatic rings. The second kappa shape index (κ2) is 11.0. The van der Waals surface area contributed by atoms with Crippen molar-refractivity contribution in [3.63, 3.8) is 0 Å². The molecule has 164 valence electrons. The van der Waals surface area contributed by atoms with E-state index in [1.165, 1.54) is 0 Å². The first-order valence-corrected chi connectivity index (χ1v) is 10.7. The second-order valence-corrected chi connectivity index (χ2v) is 7.70. The minimum Gasteiger partial charge on any atom is -0.489 e. The van der Waals surface area contributed by atoms with Crippen molar-refractivity contribution >= 4 is 28.2 Å². The summed E-state index contributed by atoms with van der Waals surface area (Å²) in [5.41, 5.74) is 1.79. The number of hydrogen-bond acceptors (Lipinski definition) is 7. The number of thiophene rings is 1. The average molecular weight is 451 g/mol. The maximum absolute atomic E-state index is 12.3. The lowest BCUT2D eigenvalue weighted by atomic mass is 10.2. The van der Waals surface area contributed by atoms with Gasteiger partial charge >= 0.3 is 5.97 Å². The van der Waals surface area contributed by atoms with Crippen molar-refractivity contribution in [2.75, 3.05) is 18.5 Å². The molecule has 0 aliphatic heterocycles. The van der Waals surface area contributed by atoms with Gasteiger partial charge in [0, 0.05) is 0 Å². The number of carbonyl (C=O) groups excluding carboxylic acids is 2. The highest BCUT2D eigenvalue weighted by molar-refractivity contribution is 7.18. The highest BCUT2D eigenvalue weighted by atomic mass is 32.1. The summed E-state index contributed by atoms with van der Waals surface area (Å²) < 4.78 is 16.2. The molecule has 0 atom stereocenters. The number of rotatable bonds is 9. The molecule has 0 aliphatic carbocycles. The first kappa shape index (κ1) is 22.8. The zero-order chi connectivity index (χ0) is 22.9. The van der Waals surface area contributed by atoms with Crippen LogP contribution in [0.15, 0.2) is 54.6 Å². The van der Waals surface area contributed by atoms with Crippen molar-refractivity contribution in [2.45, 2.75) is 20.5 Å². The number of nitrogens with zero attached hydrogens (tertiary/aromatic N) is 1. The quantitative estimate of drug-likeness (QED) is 0.475. The molecular weight excluding hydrogens is 428 g/mol. The fourth-order valence-corrected chi connectivity index (χ4v) is 3.88. The smallest absolute Gasteiger partial charge is 0.348 e. The van der Waals surface area contributed by atoms with Crippen molar-refractivity contribution in [1.29, 1.82) is 5.26 Å². The number of ether oxygens (including phenoxy) is 3. The van der Waals surface area contributed by atoms with E-state index in [2.05, 4.69) is 5.32 Å². The van der Waals surface area contributed by atoms with Crippen LogP contribution < -0.4 is 14.8 Å². The number of nitrogens with one attached hydrogen (secondary N) is 1. The molecule has 1 aromatic heterocycles. The average Bonchev–Trinajstić information content (AvgIpc) is 3.12. The molecule has 7 nitrogen and oxygen atoms in total. The molecule has 0 spiro atoms. The van der Waals surface area contributed by atoms with Gasteiger partial charge in [-0.1, -0.05) is 30.3 Å². The Labute approximate surface area is 190 Å². The summed E-state index contributed by atoms with van der Waals surface area (Å²) in [5.74, 6) is 0.229. The van der Waals surface area contributed by atoms with Crippen LogP contribution in [0.3, 0.4) is 0 Å². The lowest BCUT2D eigenvalue weighted by Gasteiger charge is -2.09. The Bertz CT molecular complexity index is 1120. The topological polar surface area (TPSA) is 97.7 Å². The van der Waals surface area contributed by atoms with Crippen LogP contribution in [0.25, 0.3) is 0 Å². The minimum atomic E-state index is -0.516. The number of hydrogen-bond donors (Lipinski definition) is 1. The van der Waals surface area contributed by atoms with Gasteiger partial charge in [0.05, 0.1) is 12.2 Å². The predicted molar refractivity (Wildman–Crippen MR) is 121 cm³/mol. The van der Waals surface area contributed by atoms with E-state index >= 15 is 0 Å². The molecule has 0 saturated carbocycles. The third kappa shape index (κ3) is 5.86. The molecule has 1 amide bonds. The molecule has 3 rings (SSSR count). The van der Waals surface area contributed by atoms with Gasteiger partial charge in [0.1, 0.15) is 34.1 Å². The van der Waals surface area contributed by atoms with E-state index < -0.39 is 11.9 Å². The lowest BCUT2D eigenvalue weighted by Crippen LogP contribution is -2.20.